The molecule has 0 aliphatic carbocycles. The molecule has 0 bridgehead atoms. The molecule has 2 heterocycles. The molecule has 6 nitrogen and oxygen atoms in total. The number of rotatable bonds is 6. The van der Waals surface area contributed by atoms with E-state index in [0.717, 1.165) is 11.3 Å². The predicted molar refractivity (Wildman–Crippen MR) is 129 cm³/mol. The van der Waals surface area contributed by atoms with Crippen molar-refractivity contribution in [1.29, 1.82) is 0 Å². The Morgan fingerprint density at radius 3 is 2.66 bits per heavy atom. The number of methoxy groups -OCH3 is 1. The largest absolute Gasteiger partial charge is 0.497 e. The van der Waals surface area contributed by atoms with E-state index in [2.05, 4.69) is 10.2 Å². The molecule has 0 saturated carbocycles. The lowest BCUT2D eigenvalue weighted by molar-refractivity contribution is -0.122. The maximum Gasteiger partial charge on any atom is 0.267 e. The van der Waals surface area contributed by atoms with Crippen molar-refractivity contribution in [2.24, 2.45) is 10.2 Å². The van der Waals surface area contributed by atoms with Crippen LogP contribution in [-0.4, -0.2) is 29.3 Å². The fourth-order valence-corrected chi connectivity index (χ4v) is 4.18. The van der Waals surface area contributed by atoms with E-state index in [9.17, 15) is 4.79 Å². The Bertz CT molecular complexity index is 1210. The highest BCUT2D eigenvalue weighted by Crippen LogP contribution is 2.34. The van der Waals surface area contributed by atoms with E-state index in [0.29, 0.717) is 31.4 Å². The monoisotopic (exact) mass is 485 g/mol. The molecule has 1 aromatic heterocycles. The third kappa shape index (κ3) is 5.07. The Morgan fingerprint density at radius 1 is 1.12 bits per heavy atom. The van der Waals surface area contributed by atoms with E-state index in [1.165, 1.54) is 22.9 Å². The van der Waals surface area contributed by atoms with Gasteiger partial charge in [0.05, 0.1) is 41.1 Å². The number of benzene rings is 2. The number of hydrogen-bond acceptors (Lipinski definition) is 6. The normalized spacial score (nSPS) is 16.6. The second-order valence-electron chi connectivity index (χ2n) is 6.62. The minimum atomic E-state index is -0.183. The van der Waals surface area contributed by atoms with Crippen molar-refractivity contribution < 1.29 is 13.9 Å². The van der Waals surface area contributed by atoms with E-state index in [-0.39, 0.29) is 12.5 Å². The molecule has 0 N–H and O–H groups in total. The number of ether oxygens (including phenoxy) is 1. The van der Waals surface area contributed by atoms with Crippen molar-refractivity contribution in [2.75, 3.05) is 7.11 Å². The van der Waals surface area contributed by atoms with E-state index < -0.39 is 0 Å². The molecule has 1 aliphatic heterocycles. The number of carbonyl (C=O) groups excluding carboxylic acids is 1. The van der Waals surface area contributed by atoms with Crippen LogP contribution in [0.5, 0.6) is 5.75 Å². The van der Waals surface area contributed by atoms with Crippen molar-refractivity contribution in [2.45, 2.75) is 6.54 Å². The molecule has 0 atom stereocenters. The van der Waals surface area contributed by atoms with Crippen LogP contribution in [-0.2, 0) is 11.3 Å². The smallest absolute Gasteiger partial charge is 0.267 e. The van der Waals surface area contributed by atoms with Crippen LogP contribution >= 0.6 is 35.0 Å². The SMILES string of the molecule is COc1ccc(/C=C2\S/C(=N/N=C\c3cccc(Cl)c3Cl)N(Cc3ccco3)C2=O)cc1. The third-order valence-corrected chi connectivity index (χ3v) is 6.35. The van der Waals surface area contributed by atoms with Gasteiger partial charge in [-0.25, -0.2) is 0 Å². The van der Waals surface area contributed by atoms with Gasteiger partial charge in [0.25, 0.3) is 5.91 Å². The fraction of sp³-hybridized carbons (Fsp3) is 0.0870. The van der Waals surface area contributed by atoms with E-state index >= 15 is 0 Å². The van der Waals surface area contributed by atoms with Gasteiger partial charge in [-0.15, -0.1) is 5.10 Å². The number of nitrogens with zero attached hydrogens (tertiary/aromatic N) is 3. The van der Waals surface area contributed by atoms with Gasteiger partial charge < -0.3 is 9.15 Å². The van der Waals surface area contributed by atoms with Crippen molar-refractivity contribution in [1.82, 2.24) is 4.90 Å². The van der Waals surface area contributed by atoms with Crippen LogP contribution in [0.15, 0.2) is 80.4 Å². The molecule has 9 heteroatoms. The molecule has 3 aromatic rings. The molecule has 1 saturated heterocycles. The average Bonchev–Trinajstić information content (AvgIpc) is 3.41. The van der Waals surface area contributed by atoms with Crippen molar-refractivity contribution in [3.63, 3.8) is 0 Å². The first-order valence-corrected chi connectivity index (χ1v) is 11.1. The minimum absolute atomic E-state index is 0.183. The average molecular weight is 486 g/mol. The van der Waals surface area contributed by atoms with Gasteiger partial charge in [0.1, 0.15) is 11.5 Å². The van der Waals surface area contributed by atoms with Gasteiger partial charge in [-0.05, 0) is 53.7 Å². The first-order valence-electron chi connectivity index (χ1n) is 9.48. The number of furan rings is 1. The van der Waals surface area contributed by atoms with Gasteiger partial charge in [-0.1, -0.05) is 47.5 Å². The van der Waals surface area contributed by atoms with Crippen LogP contribution in [0.4, 0.5) is 0 Å². The molecule has 1 fully saturated rings. The summed E-state index contributed by atoms with van der Waals surface area (Å²) in [5.41, 5.74) is 1.50. The fourth-order valence-electron chi connectivity index (χ4n) is 2.89. The molecule has 1 aliphatic rings. The molecule has 0 spiro atoms. The number of hydrogen-bond donors (Lipinski definition) is 0. The van der Waals surface area contributed by atoms with Gasteiger partial charge in [0.15, 0.2) is 5.17 Å². The Morgan fingerprint density at radius 2 is 1.94 bits per heavy atom. The molecule has 0 unspecified atom stereocenters. The van der Waals surface area contributed by atoms with Crippen molar-refractivity contribution in [3.05, 3.63) is 92.7 Å². The van der Waals surface area contributed by atoms with Crippen LogP contribution < -0.4 is 4.74 Å². The molecular weight excluding hydrogens is 469 g/mol. The third-order valence-electron chi connectivity index (χ3n) is 4.52. The molecule has 1 amide bonds. The second-order valence-corrected chi connectivity index (χ2v) is 8.42. The number of thioether (sulfide) groups is 1. The zero-order chi connectivity index (χ0) is 22.5. The Kier molecular flexibility index (Phi) is 6.99. The van der Waals surface area contributed by atoms with Gasteiger partial charge >= 0.3 is 0 Å². The zero-order valence-electron chi connectivity index (χ0n) is 16.9. The summed E-state index contributed by atoms with van der Waals surface area (Å²) in [6.45, 7) is 0.241. The van der Waals surface area contributed by atoms with Gasteiger partial charge in [-0.2, -0.15) is 5.10 Å². The summed E-state index contributed by atoms with van der Waals surface area (Å²) in [6, 6.07) is 16.3. The van der Waals surface area contributed by atoms with Crippen LogP contribution in [0.25, 0.3) is 6.08 Å². The summed E-state index contributed by atoms with van der Waals surface area (Å²) in [6.07, 6.45) is 4.87. The van der Waals surface area contributed by atoms with Crippen LogP contribution in [0.3, 0.4) is 0 Å². The Labute approximate surface area is 199 Å². The number of carbonyl (C=O) groups is 1. The van der Waals surface area contributed by atoms with Crippen LogP contribution in [0, 0.1) is 0 Å². The number of amidine groups is 1. The molecule has 162 valence electrons. The summed E-state index contributed by atoms with van der Waals surface area (Å²) in [7, 11) is 1.61. The van der Waals surface area contributed by atoms with Crippen molar-refractivity contribution in [3.8, 4) is 5.75 Å². The van der Waals surface area contributed by atoms with Gasteiger partial charge in [0.2, 0.25) is 0 Å². The van der Waals surface area contributed by atoms with Crippen molar-refractivity contribution >= 4 is 58.3 Å². The van der Waals surface area contributed by atoms with E-state index in [4.69, 9.17) is 32.4 Å². The highest BCUT2D eigenvalue weighted by atomic mass is 35.5. The van der Waals surface area contributed by atoms with Gasteiger partial charge in [0, 0.05) is 5.56 Å². The molecule has 0 radical (unpaired) electrons. The molecular formula is C23H17Cl2N3O3S. The lowest BCUT2D eigenvalue weighted by Crippen LogP contribution is -2.28. The lowest BCUT2D eigenvalue weighted by Gasteiger charge is -2.12. The van der Waals surface area contributed by atoms with Crippen LogP contribution in [0.2, 0.25) is 10.0 Å². The maximum atomic E-state index is 13.1. The summed E-state index contributed by atoms with van der Waals surface area (Å²) >= 11 is 13.5. The topological polar surface area (TPSA) is 67.4 Å². The highest BCUT2D eigenvalue weighted by molar-refractivity contribution is 8.18. The summed E-state index contributed by atoms with van der Waals surface area (Å²) in [5, 5.41) is 9.65. The number of halogens is 2. The second kappa shape index (κ2) is 10.1. The maximum absolute atomic E-state index is 13.1. The van der Waals surface area contributed by atoms with E-state index in [1.807, 2.05) is 30.3 Å². The first kappa shape index (κ1) is 22.2. The van der Waals surface area contributed by atoms with Gasteiger partial charge in [-0.3, -0.25) is 9.69 Å². The standard InChI is InChI=1S/C23H17Cl2N3O3S/c1-30-17-9-7-15(8-10-17)12-20-22(29)28(14-18-5-3-11-31-18)23(32-20)27-26-13-16-4-2-6-19(24)21(16)25/h2-13H,14H2,1H3/b20-12-,26-13-,27-23+. The minimum Gasteiger partial charge on any atom is -0.497 e. The Balaban J connectivity index is 1.62. The quantitative estimate of drug-likeness (QED) is 0.240. The predicted octanol–water partition coefficient (Wildman–Crippen LogP) is 6.10. The van der Waals surface area contributed by atoms with E-state index in [1.54, 1.807) is 43.7 Å². The number of amides is 1. The molecule has 32 heavy (non-hydrogen) atoms. The summed E-state index contributed by atoms with van der Waals surface area (Å²) < 4.78 is 10.6. The first-order chi connectivity index (χ1) is 15.5. The zero-order valence-corrected chi connectivity index (χ0v) is 19.2. The Hall–Kier alpha value is -3.00. The van der Waals surface area contributed by atoms with Crippen LogP contribution in [0.1, 0.15) is 16.9 Å². The lowest BCUT2D eigenvalue weighted by atomic mass is 10.2. The molecule has 2 aromatic carbocycles. The highest BCUT2D eigenvalue weighted by Gasteiger charge is 2.34. The summed E-state index contributed by atoms with van der Waals surface area (Å²) in [4.78, 5) is 15.1. The molecule has 4 rings (SSSR count). The summed E-state index contributed by atoms with van der Waals surface area (Å²) in [5.74, 6) is 1.20.